The number of aromatic nitrogens is 1. The summed E-state index contributed by atoms with van der Waals surface area (Å²) in [6, 6.07) is 3.67. The molecule has 1 heterocycles. The Morgan fingerprint density at radius 1 is 1.35 bits per heavy atom. The van der Waals surface area contributed by atoms with Gasteiger partial charge < -0.3 is 14.8 Å². The molecule has 5 nitrogen and oxygen atoms in total. The Morgan fingerprint density at radius 3 is 2.65 bits per heavy atom. The number of carbonyl (C=O) groups excluding carboxylic acids is 1. The van der Waals surface area contributed by atoms with Crippen LogP contribution >= 0.6 is 11.6 Å². The minimum Gasteiger partial charge on any atom is -0.491 e. The van der Waals surface area contributed by atoms with Crippen LogP contribution in [0.3, 0.4) is 0 Å². The van der Waals surface area contributed by atoms with Crippen molar-refractivity contribution in [1.82, 2.24) is 10.3 Å². The van der Waals surface area contributed by atoms with Gasteiger partial charge >= 0.3 is 0 Å². The van der Waals surface area contributed by atoms with Gasteiger partial charge in [-0.2, -0.15) is 0 Å². The van der Waals surface area contributed by atoms with Gasteiger partial charge in [0.1, 0.15) is 5.56 Å². The van der Waals surface area contributed by atoms with Crippen molar-refractivity contribution in [2.75, 3.05) is 13.7 Å². The molecule has 0 aliphatic heterocycles. The summed E-state index contributed by atoms with van der Waals surface area (Å²) in [7, 11) is 1.18. The number of hydrogen-bond donors (Lipinski definition) is 1. The summed E-state index contributed by atoms with van der Waals surface area (Å²) in [6.07, 6.45) is 3.64. The molecule has 0 unspecified atom stereocenters. The van der Waals surface area contributed by atoms with Gasteiger partial charge in [-0.05, 0) is 42.5 Å². The first-order chi connectivity index (χ1) is 12.5. The zero-order valence-electron chi connectivity index (χ0n) is 14.0. The number of nitrogens with zero attached hydrogens (tertiary/aromatic N) is 1. The van der Waals surface area contributed by atoms with E-state index in [-0.39, 0.29) is 28.6 Å². The smallest absolute Gasteiger partial charge is 0.258 e. The molecule has 0 radical (unpaired) electrons. The number of rotatable bonds is 7. The van der Waals surface area contributed by atoms with E-state index in [9.17, 15) is 13.6 Å². The van der Waals surface area contributed by atoms with E-state index >= 15 is 0 Å². The molecule has 0 atom stereocenters. The third-order valence-corrected chi connectivity index (χ3v) is 4.28. The molecule has 1 aromatic carbocycles. The third kappa shape index (κ3) is 4.22. The maximum Gasteiger partial charge on any atom is 0.258 e. The lowest BCUT2D eigenvalue weighted by atomic mass is 10.2. The van der Waals surface area contributed by atoms with Crippen LogP contribution < -0.4 is 14.8 Å². The quantitative estimate of drug-likeness (QED) is 0.792. The third-order valence-electron chi connectivity index (χ3n) is 3.96. The van der Waals surface area contributed by atoms with Gasteiger partial charge in [-0.15, -0.1) is 0 Å². The molecule has 1 N–H and O–H groups in total. The number of hydrogen-bond acceptors (Lipinski definition) is 4. The Balaban J connectivity index is 1.72. The molecular weight excluding hydrogens is 366 g/mol. The van der Waals surface area contributed by atoms with Gasteiger partial charge in [0.05, 0.1) is 18.7 Å². The highest BCUT2D eigenvalue weighted by Gasteiger charge is 2.24. The Labute approximate surface area is 154 Å². The Kier molecular flexibility index (Phi) is 5.56. The summed E-state index contributed by atoms with van der Waals surface area (Å²) >= 11 is 6.11. The predicted octanol–water partition coefficient (Wildman–Crippen LogP) is 3.74. The Hall–Kier alpha value is -2.41. The number of benzene rings is 1. The van der Waals surface area contributed by atoms with Gasteiger partial charge in [0.25, 0.3) is 5.91 Å². The molecule has 1 saturated carbocycles. The maximum atomic E-state index is 13.7. The average Bonchev–Trinajstić information content (AvgIpc) is 3.42. The Bertz CT molecular complexity index is 805. The molecule has 0 saturated heterocycles. The van der Waals surface area contributed by atoms with E-state index < -0.39 is 23.3 Å². The fourth-order valence-corrected chi connectivity index (χ4v) is 2.62. The molecule has 1 aliphatic rings. The number of amides is 1. The van der Waals surface area contributed by atoms with E-state index in [1.807, 2.05) is 0 Å². The van der Waals surface area contributed by atoms with Crippen molar-refractivity contribution in [2.24, 2.45) is 5.92 Å². The zero-order valence-corrected chi connectivity index (χ0v) is 14.8. The topological polar surface area (TPSA) is 60.5 Å². The number of halogens is 3. The van der Waals surface area contributed by atoms with Crippen LogP contribution in [0.4, 0.5) is 8.78 Å². The summed E-state index contributed by atoms with van der Waals surface area (Å²) in [6.45, 7) is 0.381. The molecule has 2 aromatic rings. The van der Waals surface area contributed by atoms with Crippen molar-refractivity contribution >= 4 is 17.5 Å². The number of ether oxygens (including phenoxy) is 2. The van der Waals surface area contributed by atoms with E-state index in [4.69, 9.17) is 16.3 Å². The van der Waals surface area contributed by atoms with Crippen molar-refractivity contribution in [1.29, 1.82) is 0 Å². The minimum atomic E-state index is -0.843. The lowest BCUT2D eigenvalue weighted by molar-refractivity contribution is 0.0945. The highest BCUT2D eigenvalue weighted by Crippen LogP contribution is 2.31. The van der Waals surface area contributed by atoms with Crippen LogP contribution in [-0.4, -0.2) is 24.6 Å². The molecule has 1 amide bonds. The van der Waals surface area contributed by atoms with Crippen LogP contribution in [-0.2, 0) is 6.54 Å². The molecule has 138 valence electrons. The maximum absolute atomic E-state index is 13.7. The second-order valence-electron chi connectivity index (χ2n) is 6.00. The predicted molar refractivity (Wildman–Crippen MR) is 91.5 cm³/mol. The van der Waals surface area contributed by atoms with Gasteiger partial charge in [-0.3, -0.25) is 4.79 Å². The van der Waals surface area contributed by atoms with Crippen molar-refractivity contribution in [3.8, 4) is 11.6 Å². The van der Waals surface area contributed by atoms with Crippen molar-refractivity contribution < 1.29 is 23.0 Å². The largest absolute Gasteiger partial charge is 0.491 e. The molecule has 3 rings (SSSR count). The normalized spacial score (nSPS) is 13.4. The van der Waals surface area contributed by atoms with Gasteiger partial charge in [0, 0.05) is 12.7 Å². The van der Waals surface area contributed by atoms with Crippen LogP contribution in [0.15, 0.2) is 24.4 Å². The van der Waals surface area contributed by atoms with Crippen LogP contribution in [0.25, 0.3) is 0 Å². The SMILES string of the molecule is COc1c(F)cc(CNC(=O)c2c(Cl)ccnc2OCC2CC2)cc1F. The summed E-state index contributed by atoms with van der Waals surface area (Å²) in [5, 5.41) is 2.76. The second kappa shape index (κ2) is 7.86. The van der Waals surface area contributed by atoms with Crippen molar-refractivity contribution in [2.45, 2.75) is 19.4 Å². The zero-order chi connectivity index (χ0) is 18.7. The van der Waals surface area contributed by atoms with E-state index in [1.54, 1.807) is 0 Å². The van der Waals surface area contributed by atoms with E-state index in [0.29, 0.717) is 12.5 Å². The summed E-state index contributed by atoms with van der Waals surface area (Å²) in [4.78, 5) is 16.5. The fourth-order valence-electron chi connectivity index (χ4n) is 2.40. The number of methoxy groups -OCH3 is 1. The van der Waals surface area contributed by atoms with Gasteiger partial charge in [-0.25, -0.2) is 13.8 Å². The minimum absolute atomic E-state index is 0.0933. The van der Waals surface area contributed by atoms with Gasteiger partial charge in [0.2, 0.25) is 5.88 Å². The monoisotopic (exact) mass is 382 g/mol. The van der Waals surface area contributed by atoms with Gasteiger partial charge in [-0.1, -0.05) is 11.6 Å². The lowest BCUT2D eigenvalue weighted by Gasteiger charge is -2.12. The summed E-state index contributed by atoms with van der Waals surface area (Å²) < 4.78 is 37.7. The first kappa shape index (κ1) is 18.4. The van der Waals surface area contributed by atoms with E-state index in [1.165, 1.54) is 19.4 Å². The first-order valence-electron chi connectivity index (χ1n) is 8.07. The second-order valence-corrected chi connectivity index (χ2v) is 6.41. The number of carbonyl (C=O) groups is 1. The summed E-state index contributed by atoms with van der Waals surface area (Å²) in [5.41, 5.74) is 0.346. The molecule has 1 fully saturated rings. The lowest BCUT2D eigenvalue weighted by Crippen LogP contribution is -2.24. The molecule has 1 aliphatic carbocycles. The standard InChI is InChI=1S/C18H17ClF2N2O3/c1-25-16-13(20)6-11(7-14(16)21)8-23-17(24)15-12(19)4-5-22-18(15)26-9-10-2-3-10/h4-7,10H,2-3,8-9H2,1H3,(H,23,24). The molecule has 26 heavy (non-hydrogen) atoms. The van der Waals surface area contributed by atoms with Crippen LogP contribution in [0, 0.1) is 17.6 Å². The molecule has 1 aromatic heterocycles. The molecule has 0 bridgehead atoms. The molecule has 8 heteroatoms. The van der Waals surface area contributed by atoms with Gasteiger partial charge in [0.15, 0.2) is 17.4 Å². The van der Waals surface area contributed by atoms with E-state index in [2.05, 4.69) is 15.0 Å². The number of nitrogens with one attached hydrogen (secondary N) is 1. The van der Waals surface area contributed by atoms with E-state index in [0.717, 1.165) is 25.0 Å². The average molecular weight is 383 g/mol. The highest BCUT2D eigenvalue weighted by molar-refractivity contribution is 6.34. The van der Waals surface area contributed by atoms with Crippen LogP contribution in [0.1, 0.15) is 28.8 Å². The summed E-state index contributed by atoms with van der Waals surface area (Å²) in [5.74, 6) is -2.06. The fraction of sp³-hybridized carbons (Fsp3) is 0.333. The first-order valence-corrected chi connectivity index (χ1v) is 8.44. The van der Waals surface area contributed by atoms with Crippen LogP contribution in [0.2, 0.25) is 5.02 Å². The Morgan fingerprint density at radius 2 is 2.04 bits per heavy atom. The van der Waals surface area contributed by atoms with Crippen LogP contribution in [0.5, 0.6) is 11.6 Å². The molecule has 0 spiro atoms. The van der Waals surface area contributed by atoms with Crippen molar-refractivity contribution in [3.05, 3.63) is 52.2 Å². The number of pyridine rings is 1. The van der Waals surface area contributed by atoms with Crippen molar-refractivity contribution in [3.63, 3.8) is 0 Å². The highest BCUT2D eigenvalue weighted by atomic mass is 35.5. The molecular formula is C18H17ClF2N2O3.